The van der Waals surface area contributed by atoms with Gasteiger partial charge in [0.05, 0.1) is 11.3 Å². The number of halogens is 1. The van der Waals surface area contributed by atoms with Crippen LogP contribution >= 0.6 is 15.9 Å². The Bertz CT molecular complexity index is 447. The standard InChI is InChI=1S/C14H19BrN2O/c1-9-6-7-12(10(2)16-9)14(18)17-13-5-3-4-11(13)8-15/h6-7,11,13H,3-5,8H2,1-2H3,(H,17,18). The van der Waals surface area contributed by atoms with Crippen LogP contribution in [0, 0.1) is 19.8 Å². The summed E-state index contributed by atoms with van der Waals surface area (Å²) in [4.78, 5) is 16.6. The summed E-state index contributed by atoms with van der Waals surface area (Å²) < 4.78 is 0. The second-order valence-electron chi connectivity index (χ2n) is 5.01. The first kappa shape index (κ1) is 13.5. The zero-order valence-electron chi connectivity index (χ0n) is 10.9. The number of hydrogen-bond acceptors (Lipinski definition) is 2. The van der Waals surface area contributed by atoms with Gasteiger partial charge in [0, 0.05) is 17.1 Å². The highest BCUT2D eigenvalue weighted by molar-refractivity contribution is 9.09. The molecule has 18 heavy (non-hydrogen) atoms. The van der Waals surface area contributed by atoms with Gasteiger partial charge >= 0.3 is 0 Å². The van der Waals surface area contributed by atoms with Crippen LogP contribution < -0.4 is 5.32 Å². The molecule has 2 unspecified atom stereocenters. The van der Waals surface area contributed by atoms with E-state index in [9.17, 15) is 4.79 Å². The lowest BCUT2D eigenvalue weighted by molar-refractivity contribution is 0.0929. The molecule has 0 aromatic carbocycles. The van der Waals surface area contributed by atoms with Crippen LogP contribution in [0.25, 0.3) is 0 Å². The van der Waals surface area contributed by atoms with Crippen molar-refractivity contribution in [3.8, 4) is 0 Å². The minimum Gasteiger partial charge on any atom is -0.349 e. The van der Waals surface area contributed by atoms with Gasteiger partial charge in [-0.1, -0.05) is 22.4 Å². The molecule has 0 saturated heterocycles. The Hall–Kier alpha value is -0.900. The number of pyridine rings is 1. The van der Waals surface area contributed by atoms with Crippen molar-refractivity contribution in [3.63, 3.8) is 0 Å². The molecule has 1 heterocycles. The van der Waals surface area contributed by atoms with Gasteiger partial charge in [-0.25, -0.2) is 0 Å². The topological polar surface area (TPSA) is 42.0 Å². The molecule has 1 amide bonds. The average molecular weight is 311 g/mol. The van der Waals surface area contributed by atoms with Gasteiger partial charge in [-0.3, -0.25) is 9.78 Å². The van der Waals surface area contributed by atoms with Crippen molar-refractivity contribution >= 4 is 21.8 Å². The number of amides is 1. The highest BCUT2D eigenvalue weighted by atomic mass is 79.9. The second-order valence-corrected chi connectivity index (χ2v) is 5.66. The number of carbonyl (C=O) groups excluding carboxylic acids is 1. The molecular weight excluding hydrogens is 292 g/mol. The first-order valence-electron chi connectivity index (χ1n) is 6.43. The average Bonchev–Trinajstić information content (AvgIpc) is 2.76. The van der Waals surface area contributed by atoms with E-state index in [4.69, 9.17) is 0 Å². The third-order valence-corrected chi connectivity index (χ3v) is 4.48. The Kier molecular flexibility index (Phi) is 4.38. The van der Waals surface area contributed by atoms with Crippen LogP contribution in [-0.2, 0) is 0 Å². The fourth-order valence-corrected chi connectivity index (χ4v) is 3.36. The summed E-state index contributed by atoms with van der Waals surface area (Å²) >= 11 is 3.52. The van der Waals surface area contributed by atoms with E-state index < -0.39 is 0 Å². The first-order valence-corrected chi connectivity index (χ1v) is 7.55. The summed E-state index contributed by atoms with van der Waals surface area (Å²) in [5.41, 5.74) is 2.45. The van der Waals surface area contributed by atoms with Crippen LogP contribution in [0.3, 0.4) is 0 Å². The van der Waals surface area contributed by atoms with Crippen molar-refractivity contribution in [2.75, 3.05) is 5.33 Å². The summed E-state index contributed by atoms with van der Waals surface area (Å²) in [5.74, 6) is 0.575. The summed E-state index contributed by atoms with van der Waals surface area (Å²) in [6.07, 6.45) is 3.48. The highest BCUT2D eigenvalue weighted by Crippen LogP contribution is 2.27. The molecule has 0 radical (unpaired) electrons. The minimum absolute atomic E-state index is 0.0119. The van der Waals surface area contributed by atoms with Gasteiger partial charge in [0.1, 0.15) is 0 Å². The number of alkyl halides is 1. The molecule has 1 aromatic rings. The van der Waals surface area contributed by atoms with Gasteiger partial charge in [-0.05, 0) is 44.7 Å². The van der Waals surface area contributed by atoms with Crippen LogP contribution in [-0.4, -0.2) is 22.3 Å². The molecule has 1 aliphatic rings. The van der Waals surface area contributed by atoms with Crippen molar-refractivity contribution in [3.05, 3.63) is 29.1 Å². The summed E-state index contributed by atoms with van der Waals surface area (Å²) in [6, 6.07) is 4.06. The number of carbonyl (C=O) groups is 1. The predicted molar refractivity (Wildman–Crippen MR) is 76.1 cm³/mol. The smallest absolute Gasteiger partial charge is 0.253 e. The molecule has 0 aliphatic heterocycles. The Balaban J connectivity index is 2.07. The zero-order chi connectivity index (χ0) is 13.1. The van der Waals surface area contributed by atoms with Crippen molar-refractivity contribution < 1.29 is 4.79 Å². The third-order valence-electron chi connectivity index (χ3n) is 3.64. The summed E-state index contributed by atoms with van der Waals surface area (Å²) in [5, 5.41) is 4.11. The lowest BCUT2D eigenvalue weighted by Crippen LogP contribution is -2.38. The molecule has 1 fully saturated rings. The summed E-state index contributed by atoms with van der Waals surface area (Å²) in [7, 11) is 0. The van der Waals surface area contributed by atoms with Gasteiger partial charge in [0.25, 0.3) is 5.91 Å². The molecule has 1 aliphatic carbocycles. The lowest BCUT2D eigenvalue weighted by Gasteiger charge is -2.19. The maximum Gasteiger partial charge on any atom is 0.253 e. The Morgan fingerprint density at radius 2 is 2.22 bits per heavy atom. The zero-order valence-corrected chi connectivity index (χ0v) is 12.5. The van der Waals surface area contributed by atoms with Crippen LogP contribution in [0.1, 0.15) is 41.0 Å². The number of rotatable bonds is 3. The number of nitrogens with one attached hydrogen (secondary N) is 1. The summed E-state index contributed by atoms with van der Waals surface area (Å²) in [6.45, 7) is 3.82. The van der Waals surface area contributed by atoms with Gasteiger partial charge in [-0.15, -0.1) is 0 Å². The molecule has 1 N–H and O–H groups in total. The van der Waals surface area contributed by atoms with Gasteiger partial charge in [0.2, 0.25) is 0 Å². The van der Waals surface area contributed by atoms with E-state index in [-0.39, 0.29) is 5.91 Å². The van der Waals surface area contributed by atoms with Crippen molar-refractivity contribution in [2.24, 2.45) is 5.92 Å². The number of nitrogens with zero attached hydrogens (tertiary/aromatic N) is 1. The molecule has 1 saturated carbocycles. The van der Waals surface area contributed by atoms with E-state index in [0.29, 0.717) is 17.5 Å². The van der Waals surface area contributed by atoms with Crippen LogP contribution in [0.2, 0.25) is 0 Å². The molecule has 0 bridgehead atoms. The SMILES string of the molecule is Cc1ccc(C(=O)NC2CCCC2CBr)c(C)n1. The lowest BCUT2D eigenvalue weighted by atomic mass is 10.1. The molecule has 98 valence electrons. The molecule has 1 aromatic heterocycles. The molecule has 2 rings (SSSR count). The predicted octanol–water partition coefficient (Wildman–Crippen LogP) is 2.99. The van der Waals surface area contributed by atoms with E-state index in [1.54, 1.807) is 0 Å². The molecule has 2 atom stereocenters. The monoisotopic (exact) mass is 310 g/mol. The van der Waals surface area contributed by atoms with Crippen LogP contribution in [0.15, 0.2) is 12.1 Å². The second kappa shape index (κ2) is 5.83. The normalized spacial score (nSPS) is 23.1. The van der Waals surface area contributed by atoms with Gasteiger partial charge in [-0.2, -0.15) is 0 Å². The van der Waals surface area contributed by atoms with E-state index in [0.717, 1.165) is 23.1 Å². The number of aromatic nitrogens is 1. The molecular formula is C14H19BrN2O. The van der Waals surface area contributed by atoms with E-state index in [1.165, 1.54) is 12.8 Å². The van der Waals surface area contributed by atoms with Crippen molar-refractivity contribution in [2.45, 2.75) is 39.2 Å². The van der Waals surface area contributed by atoms with E-state index in [1.807, 2.05) is 26.0 Å². The Labute approximate surface area is 117 Å². The Morgan fingerprint density at radius 1 is 1.44 bits per heavy atom. The number of aryl methyl sites for hydroxylation is 2. The molecule has 4 heteroatoms. The van der Waals surface area contributed by atoms with Crippen molar-refractivity contribution in [1.29, 1.82) is 0 Å². The van der Waals surface area contributed by atoms with Gasteiger partial charge < -0.3 is 5.32 Å². The van der Waals surface area contributed by atoms with E-state index >= 15 is 0 Å². The van der Waals surface area contributed by atoms with Crippen LogP contribution in [0.5, 0.6) is 0 Å². The van der Waals surface area contributed by atoms with Crippen LogP contribution in [0.4, 0.5) is 0 Å². The maximum atomic E-state index is 12.2. The first-order chi connectivity index (χ1) is 8.61. The van der Waals surface area contributed by atoms with Gasteiger partial charge in [0.15, 0.2) is 0 Å². The minimum atomic E-state index is 0.0119. The fraction of sp³-hybridized carbons (Fsp3) is 0.571. The fourth-order valence-electron chi connectivity index (χ4n) is 2.58. The molecule has 3 nitrogen and oxygen atoms in total. The quantitative estimate of drug-likeness (QED) is 0.872. The Morgan fingerprint density at radius 3 is 2.89 bits per heavy atom. The highest BCUT2D eigenvalue weighted by Gasteiger charge is 2.28. The third kappa shape index (κ3) is 2.91. The van der Waals surface area contributed by atoms with Crippen molar-refractivity contribution in [1.82, 2.24) is 10.3 Å². The maximum absolute atomic E-state index is 12.2. The van der Waals surface area contributed by atoms with E-state index in [2.05, 4.69) is 26.2 Å². The largest absolute Gasteiger partial charge is 0.349 e. The number of hydrogen-bond donors (Lipinski definition) is 1. The molecule has 0 spiro atoms.